The van der Waals surface area contributed by atoms with Crippen molar-refractivity contribution in [2.75, 3.05) is 26.7 Å². The molecular formula is C24H29N3O6S. The van der Waals surface area contributed by atoms with Gasteiger partial charge < -0.3 is 9.64 Å². The van der Waals surface area contributed by atoms with Crippen LogP contribution in [0.2, 0.25) is 0 Å². The van der Waals surface area contributed by atoms with Crippen LogP contribution in [-0.2, 0) is 14.8 Å². The molecule has 1 amide bonds. The smallest absolute Gasteiger partial charge is 0.270 e. The van der Waals surface area contributed by atoms with Gasteiger partial charge in [0.1, 0.15) is 5.75 Å². The van der Waals surface area contributed by atoms with Crippen LogP contribution >= 0.6 is 0 Å². The SMILES string of the molecule is COc1ccc([C@H]2CCCN2C(=O)C2CCN(S(=O)(=O)c3cc([N+](=O)[O-])ccc3C)CC2)cc1. The number of hydrogen-bond donors (Lipinski definition) is 0. The van der Waals surface area contributed by atoms with E-state index in [1.54, 1.807) is 14.0 Å². The zero-order valence-electron chi connectivity index (χ0n) is 19.3. The number of sulfonamides is 1. The first-order chi connectivity index (χ1) is 16.2. The topological polar surface area (TPSA) is 110 Å². The number of rotatable bonds is 6. The first kappa shape index (κ1) is 24.2. The van der Waals surface area contributed by atoms with Crippen molar-refractivity contribution in [1.29, 1.82) is 0 Å². The van der Waals surface area contributed by atoms with Gasteiger partial charge in [-0.3, -0.25) is 14.9 Å². The lowest BCUT2D eigenvalue weighted by molar-refractivity contribution is -0.385. The van der Waals surface area contributed by atoms with Crippen LogP contribution in [0, 0.1) is 23.0 Å². The van der Waals surface area contributed by atoms with E-state index in [1.807, 2.05) is 29.2 Å². The quantitative estimate of drug-likeness (QED) is 0.454. The minimum atomic E-state index is -3.89. The third-order valence-electron chi connectivity index (χ3n) is 6.84. The fourth-order valence-electron chi connectivity index (χ4n) is 4.90. The molecule has 182 valence electrons. The average Bonchev–Trinajstić information content (AvgIpc) is 3.33. The molecule has 4 rings (SSSR count). The Kier molecular flexibility index (Phi) is 6.90. The number of amides is 1. The zero-order chi connectivity index (χ0) is 24.5. The van der Waals surface area contributed by atoms with E-state index in [0.29, 0.717) is 24.9 Å². The van der Waals surface area contributed by atoms with Crippen molar-refractivity contribution in [3.05, 3.63) is 63.7 Å². The monoisotopic (exact) mass is 487 g/mol. The predicted molar refractivity (Wildman–Crippen MR) is 126 cm³/mol. The molecule has 34 heavy (non-hydrogen) atoms. The molecule has 10 heteroatoms. The van der Waals surface area contributed by atoms with Crippen molar-refractivity contribution in [3.63, 3.8) is 0 Å². The molecule has 2 aliphatic heterocycles. The molecule has 9 nitrogen and oxygen atoms in total. The van der Waals surface area contributed by atoms with Gasteiger partial charge in [-0.1, -0.05) is 18.2 Å². The molecule has 1 atom stereocenters. The zero-order valence-corrected chi connectivity index (χ0v) is 20.2. The molecule has 2 saturated heterocycles. The first-order valence-electron chi connectivity index (χ1n) is 11.4. The number of aryl methyl sites for hydroxylation is 1. The highest BCUT2D eigenvalue weighted by Gasteiger charge is 2.38. The van der Waals surface area contributed by atoms with Crippen molar-refractivity contribution in [1.82, 2.24) is 9.21 Å². The maximum atomic E-state index is 13.4. The molecular weight excluding hydrogens is 458 g/mol. The van der Waals surface area contributed by atoms with Crippen LogP contribution in [0.25, 0.3) is 0 Å². The predicted octanol–water partition coefficient (Wildman–Crippen LogP) is 3.68. The van der Waals surface area contributed by atoms with Crippen LogP contribution in [-0.4, -0.2) is 55.2 Å². The second kappa shape index (κ2) is 9.71. The second-order valence-electron chi connectivity index (χ2n) is 8.85. The van der Waals surface area contributed by atoms with E-state index in [2.05, 4.69) is 0 Å². The number of piperidine rings is 1. The van der Waals surface area contributed by atoms with Crippen molar-refractivity contribution < 1.29 is 22.9 Å². The number of ether oxygens (including phenoxy) is 1. The lowest BCUT2D eigenvalue weighted by atomic mass is 9.95. The molecule has 2 aromatic carbocycles. The molecule has 0 aromatic heterocycles. The molecule has 0 unspecified atom stereocenters. The number of carbonyl (C=O) groups is 1. The minimum Gasteiger partial charge on any atom is -0.497 e. The van der Waals surface area contributed by atoms with Gasteiger partial charge in [0.05, 0.1) is 23.0 Å². The van der Waals surface area contributed by atoms with Crippen LogP contribution in [0.5, 0.6) is 5.75 Å². The second-order valence-corrected chi connectivity index (χ2v) is 10.8. The highest BCUT2D eigenvalue weighted by Crippen LogP contribution is 2.36. The Morgan fingerprint density at radius 1 is 1.06 bits per heavy atom. The number of benzene rings is 2. The summed E-state index contributed by atoms with van der Waals surface area (Å²) < 4.78 is 33.0. The highest BCUT2D eigenvalue weighted by atomic mass is 32.2. The largest absolute Gasteiger partial charge is 0.497 e. The standard InChI is InChI=1S/C24H29N3O6S/c1-17-5-8-20(27(29)30)16-23(17)34(31,32)25-14-11-19(12-15-25)24(28)26-13-3-4-22(26)18-6-9-21(33-2)10-7-18/h5-10,16,19,22H,3-4,11-15H2,1-2H3/t22-/m1/s1. The van der Waals surface area contributed by atoms with Gasteiger partial charge in [0, 0.05) is 37.7 Å². The van der Waals surface area contributed by atoms with Gasteiger partial charge in [-0.2, -0.15) is 4.31 Å². The number of methoxy groups -OCH3 is 1. The first-order valence-corrected chi connectivity index (χ1v) is 12.9. The minimum absolute atomic E-state index is 0.0210. The number of hydrogen-bond acceptors (Lipinski definition) is 6. The van der Waals surface area contributed by atoms with Gasteiger partial charge in [0.25, 0.3) is 5.69 Å². The summed E-state index contributed by atoms with van der Waals surface area (Å²) >= 11 is 0. The Bertz CT molecular complexity index is 1170. The molecule has 0 N–H and O–H groups in total. The van der Waals surface area contributed by atoms with E-state index in [9.17, 15) is 23.3 Å². The van der Waals surface area contributed by atoms with Gasteiger partial charge >= 0.3 is 0 Å². The summed E-state index contributed by atoms with van der Waals surface area (Å²) in [6.45, 7) is 2.74. The van der Waals surface area contributed by atoms with Gasteiger partial charge in [-0.15, -0.1) is 0 Å². The van der Waals surface area contributed by atoms with Crippen LogP contribution in [0.3, 0.4) is 0 Å². The summed E-state index contributed by atoms with van der Waals surface area (Å²) in [5.74, 6) is 0.602. The fraction of sp³-hybridized carbons (Fsp3) is 0.458. The number of likely N-dealkylation sites (tertiary alicyclic amines) is 1. The summed E-state index contributed by atoms with van der Waals surface area (Å²) in [5.41, 5.74) is 1.28. The van der Waals surface area contributed by atoms with Gasteiger partial charge in [-0.05, 0) is 55.9 Å². The molecule has 0 aliphatic carbocycles. The number of nitro benzene ring substituents is 1. The van der Waals surface area contributed by atoms with Crippen molar-refractivity contribution >= 4 is 21.6 Å². The van der Waals surface area contributed by atoms with Gasteiger partial charge in [0.15, 0.2) is 0 Å². The Hall–Kier alpha value is -2.98. The summed E-state index contributed by atoms with van der Waals surface area (Å²) in [5, 5.41) is 11.1. The molecule has 2 fully saturated rings. The molecule has 2 aromatic rings. The normalized spacial score (nSPS) is 19.8. The third kappa shape index (κ3) is 4.65. The maximum Gasteiger partial charge on any atom is 0.270 e. The summed E-state index contributed by atoms with van der Waals surface area (Å²) in [4.78, 5) is 25.8. The lowest BCUT2D eigenvalue weighted by Crippen LogP contribution is -2.44. The molecule has 0 radical (unpaired) electrons. The molecule has 0 spiro atoms. The van der Waals surface area contributed by atoms with E-state index < -0.39 is 14.9 Å². The van der Waals surface area contributed by atoms with Gasteiger partial charge in [0.2, 0.25) is 15.9 Å². The van der Waals surface area contributed by atoms with E-state index in [4.69, 9.17) is 4.74 Å². The molecule has 2 heterocycles. The maximum absolute atomic E-state index is 13.4. The Balaban J connectivity index is 1.44. The van der Waals surface area contributed by atoms with Crippen molar-refractivity contribution in [2.24, 2.45) is 5.92 Å². The number of carbonyl (C=O) groups excluding carboxylic acids is 1. The Morgan fingerprint density at radius 2 is 1.74 bits per heavy atom. The average molecular weight is 488 g/mol. The van der Waals surface area contributed by atoms with E-state index >= 15 is 0 Å². The van der Waals surface area contributed by atoms with Crippen LogP contribution in [0.15, 0.2) is 47.4 Å². The van der Waals surface area contributed by atoms with E-state index in [0.717, 1.165) is 30.2 Å². The number of nitro groups is 1. The fourth-order valence-corrected chi connectivity index (χ4v) is 6.61. The van der Waals surface area contributed by atoms with Crippen molar-refractivity contribution in [2.45, 2.75) is 43.5 Å². The molecule has 2 aliphatic rings. The van der Waals surface area contributed by atoms with Crippen molar-refractivity contribution in [3.8, 4) is 5.75 Å². The summed E-state index contributed by atoms with van der Waals surface area (Å²) in [6.07, 6.45) is 2.69. The van der Waals surface area contributed by atoms with Crippen LogP contribution in [0.4, 0.5) is 5.69 Å². The van der Waals surface area contributed by atoms with Crippen LogP contribution < -0.4 is 4.74 Å². The molecule has 0 saturated carbocycles. The summed E-state index contributed by atoms with van der Waals surface area (Å²) in [7, 11) is -2.27. The lowest BCUT2D eigenvalue weighted by Gasteiger charge is -2.34. The van der Waals surface area contributed by atoms with Gasteiger partial charge in [-0.25, -0.2) is 8.42 Å². The Morgan fingerprint density at radius 3 is 2.35 bits per heavy atom. The third-order valence-corrected chi connectivity index (χ3v) is 8.88. The number of nitrogens with zero attached hydrogens (tertiary/aromatic N) is 3. The highest BCUT2D eigenvalue weighted by molar-refractivity contribution is 7.89. The molecule has 0 bridgehead atoms. The Labute approximate surface area is 199 Å². The number of non-ortho nitro benzene ring substituents is 1. The van der Waals surface area contributed by atoms with Crippen LogP contribution in [0.1, 0.15) is 42.9 Å². The summed E-state index contributed by atoms with van der Waals surface area (Å²) in [6, 6.07) is 11.7. The van der Waals surface area contributed by atoms with E-state index in [1.165, 1.54) is 16.4 Å². The van der Waals surface area contributed by atoms with E-state index in [-0.39, 0.29) is 41.5 Å².